The first-order valence-electron chi connectivity index (χ1n) is 4.91. The molecule has 0 saturated carbocycles. The van der Waals surface area contributed by atoms with E-state index < -0.39 is 12.7 Å². The Morgan fingerprint density at radius 3 is 2.78 bits per heavy atom. The molecule has 0 aliphatic heterocycles. The number of fused-ring (bicyclic) bond motifs is 1. The number of hydrogen-bond acceptors (Lipinski definition) is 5. The van der Waals surface area contributed by atoms with Crippen LogP contribution in [0.1, 0.15) is 0 Å². The third-order valence-electron chi connectivity index (χ3n) is 2.14. The molecule has 2 aromatic heterocycles. The molecule has 10 heteroatoms. The summed E-state index contributed by atoms with van der Waals surface area (Å²) in [5.74, 6) is 0.203. The lowest BCUT2D eigenvalue weighted by Crippen LogP contribution is -2.37. The van der Waals surface area contributed by atoms with Crippen molar-refractivity contribution in [2.75, 3.05) is 23.3 Å². The first kappa shape index (κ1) is 13.0. The van der Waals surface area contributed by atoms with Crippen LogP contribution in [0.4, 0.5) is 19.0 Å². The summed E-state index contributed by atoms with van der Waals surface area (Å²) < 4.78 is 38.7. The van der Waals surface area contributed by atoms with Gasteiger partial charge < -0.3 is 4.90 Å². The van der Waals surface area contributed by atoms with E-state index in [4.69, 9.17) is 0 Å². The van der Waals surface area contributed by atoms with Crippen molar-refractivity contribution in [2.24, 2.45) is 0 Å². The molecule has 0 aliphatic carbocycles. The van der Waals surface area contributed by atoms with Crippen LogP contribution < -0.4 is 4.90 Å². The molecule has 2 aromatic rings. The number of anilines is 1. The zero-order chi connectivity index (χ0) is 13.2. The second-order valence-electron chi connectivity index (χ2n) is 3.44. The molecule has 2 heterocycles. The summed E-state index contributed by atoms with van der Waals surface area (Å²) in [5, 5.41) is 11.1. The van der Waals surface area contributed by atoms with Gasteiger partial charge in [0.2, 0.25) is 0 Å². The Kier molecular flexibility index (Phi) is 3.64. The van der Waals surface area contributed by atoms with E-state index in [2.05, 4.69) is 36.4 Å². The van der Waals surface area contributed by atoms with Crippen LogP contribution >= 0.6 is 15.9 Å². The highest BCUT2D eigenvalue weighted by atomic mass is 79.9. The summed E-state index contributed by atoms with van der Waals surface area (Å²) in [4.78, 5) is 4.95. The Morgan fingerprint density at radius 2 is 2.11 bits per heavy atom. The van der Waals surface area contributed by atoms with Gasteiger partial charge in [0, 0.05) is 11.9 Å². The quantitative estimate of drug-likeness (QED) is 0.793. The minimum atomic E-state index is -4.31. The Morgan fingerprint density at radius 1 is 1.33 bits per heavy atom. The number of alkyl halides is 4. The molecule has 0 aromatic carbocycles. The summed E-state index contributed by atoms with van der Waals surface area (Å²) in [5.41, 5.74) is 0.300. The van der Waals surface area contributed by atoms with E-state index in [-0.39, 0.29) is 12.4 Å². The van der Waals surface area contributed by atoms with E-state index >= 15 is 0 Å². The maximum absolute atomic E-state index is 12.5. The molecule has 0 saturated heterocycles. The number of rotatable bonds is 4. The third-order valence-corrected chi connectivity index (χ3v) is 2.49. The van der Waals surface area contributed by atoms with Gasteiger partial charge in [0.05, 0.1) is 12.4 Å². The van der Waals surface area contributed by atoms with Gasteiger partial charge in [-0.1, -0.05) is 15.9 Å². The summed E-state index contributed by atoms with van der Waals surface area (Å²) in [6.45, 7) is -0.917. The average Bonchev–Trinajstić information content (AvgIpc) is 2.74. The first-order valence-corrected chi connectivity index (χ1v) is 6.03. The Bertz CT molecular complexity index is 527. The van der Waals surface area contributed by atoms with Crippen molar-refractivity contribution in [3.05, 3.63) is 12.4 Å². The lowest BCUT2D eigenvalue weighted by Gasteiger charge is -2.24. The summed E-state index contributed by atoms with van der Waals surface area (Å²) in [7, 11) is 0. The smallest absolute Gasteiger partial charge is 0.345 e. The van der Waals surface area contributed by atoms with Crippen molar-refractivity contribution < 1.29 is 13.2 Å². The average molecular weight is 325 g/mol. The molecule has 0 unspecified atom stereocenters. The van der Waals surface area contributed by atoms with Crippen molar-refractivity contribution in [3.63, 3.8) is 0 Å². The number of tetrazole rings is 1. The highest BCUT2D eigenvalue weighted by Gasteiger charge is 2.31. The maximum Gasteiger partial charge on any atom is 0.405 e. The molecule has 0 aliphatic rings. The Balaban J connectivity index is 2.38. The molecular formula is C8H8BrF3N6. The van der Waals surface area contributed by atoms with Gasteiger partial charge in [0.1, 0.15) is 6.54 Å². The van der Waals surface area contributed by atoms with Gasteiger partial charge in [-0.05, 0) is 10.4 Å². The van der Waals surface area contributed by atoms with Crippen LogP contribution in [-0.4, -0.2) is 49.6 Å². The molecule has 18 heavy (non-hydrogen) atoms. The number of halogens is 4. The predicted molar refractivity (Wildman–Crippen MR) is 60.6 cm³/mol. The third kappa shape index (κ3) is 2.86. The molecular weight excluding hydrogens is 317 g/mol. The van der Waals surface area contributed by atoms with Gasteiger partial charge in [-0.2, -0.15) is 17.7 Å². The van der Waals surface area contributed by atoms with Crippen LogP contribution in [-0.2, 0) is 0 Å². The minimum Gasteiger partial charge on any atom is -0.345 e. The van der Waals surface area contributed by atoms with Crippen LogP contribution in [0.25, 0.3) is 5.65 Å². The van der Waals surface area contributed by atoms with Crippen molar-refractivity contribution in [2.45, 2.75) is 6.18 Å². The molecule has 0 bridgehead atoms. The van der Waals surface area contributed by atoms with Gasteiger partial charge in [-0.3, -0.25) is 4.98 Å². The normalized spacial score (nSPS) is 12.0. The number of aromatic nitrogens is 5. The molecule has 0 atom stereocenters. The van der Waals surface area contributed by atoms with Gasteiger partial charge in [-0.25, -0.2) is 0 Å². The van der Waals surface area contributed by atoms with E-state index in [1.165, 1.54) is 16.9 Å². The fraction of sp³-hybridized carbons (Fsp3) is 0.500. The van der Waals surface area contributed by atoms with Crippen LogP contribution in [0, 0.1) is 0 Å². The summed E-state index contributed by atoms with van der Waals surface area (Å²) >= 11 is 3.12. The van der Waals surface area contributed by atoms with E-state index in [1.54, 1.807) is 0 Å². The monoisotopic (exact) mass is 324 g/mol. The Hall–Kier alpha value is -1.45. The topological polar surface area (TPSA) is 59.2 Å². The fourth-order valence-corrected chi connectivity index (χ4v) is 1.90. The number of hydrogen-bond donors (Lipinski definition) is 0. The largest absolute Gasteiger partial charge is 0.405 e. The van der Waals surface area contributed by atoms with E-state index in [1.807, 2.05) is 0 Å². The lowest BCUT2D eigenvalue weighted by atomic mass is 10.4. The minimum absolute atomic E-state index is 0.167. The van der Waals surface area contributed by atoms with Crippen LogP contribution in [0.15, 0.2) is 12.4 Å². The van der Waals surface area contributed by atoms with Gasteiger partial charge in [0.15, 0.2) is 11.5 Å². The standard InChI is InChI=1S/C8H8BrF3N6/c9-1-2-17(5-8(10,11)12)7-4-13-3-6-14-15-16-18(6)7/h3-4H,1-2,5H2. The van der Waals surface area contributed by atoms with Crippen LogP contribution in [0.2, 0.25) is 0 Å². The van der Waals surface area contributed by atoms with Gasteiger partial charge in [-0.15, -0.1) is 5.10 Å². The fourth-order valence-electron chi connectivity index (χ4n) is 1.47. The van der Waals surface area contributed by atoms with Crippen molar-refractivity contribution in [3.8, 4) is 0 Å². The zero-order valence-corrected chi connectivity index (χ0v) is 10.6. The van der Waals surface area contributed by atoms with Crippen LogP contribution in [0.5, 0.6) is 0 Å². The summed E-state index contributed by atoms with van der Waals surface area (Å²) in [6, 6.07) is 0. The molecule has 0 amide bonds. The first-order chi connectivity index (χ1) is 8.51. The molecule has 2 rings (SSSR count). The number of nitrogens with zero attached hydrogens (tertiary/aromatic N) is 6. The molecule has 0 fully saturated rings. The van der Waals surface area contributed by atoms with Crippen molar-refractivity contribution >= 4 is 27.4 Å². The second kappa shape index (κ2) is 5.04. The Labute approximate surface area is 108 Å². The molecule has 6 nitrogen and oxygen atoms in total. The molecule has 0 N–H and O–H groups in total. The summed E-state index contributed by atoms with van der Waals surface area (Å²) in [6.07, 6.45) is -1.63. The van der Waals surface area contributed by atoms with E-state index in [9.17, 15) is 13.2 Å². The maximum atomic E-state index is 12.5. The second-order valence-corrected chi connectivity index (χ2v) is 4.23. The van der Waals surface area contributed by atoms with Crippen molar-refractivity contribution in [1.29, 1.82) is 0 Å². The SMILES string of the molecule is FC(F)(F)CN(CCBr)c1cncc2nnnn12. The van der Waals surface area contributed by atoms with E-state index in [0.717, 1.165) is 4.90 Å². The zero-order valence-electron chi connectivity index (χ0n) is 8.97. The predicted octanol–water partition coefficient (Wildman–Crippen LogP) is 1.28. The highest BCUT2D eigenvalue weighted by molar-refractivity contribution is 9.09. The van der Waals surface area contributed by atoms with Gasteiger partial charge >= 0.3 is 6.18 Å². The van der Waals surface area contributed by atoms with E-state index in [0.29, 0.717) is 11.0 Å². The molecule has 98 valence electrons. The molecule has 0 radical (unpaired) electrons. The molecule has 0 spiro atoms. The van der Waals surface area contributed by atoms with Crippen LogP contribution in [0.3, 0.4) is 0 Å². The lowest BCUT2D eigenvalue weighted by molar-refractivity contribution is -0.119. The van der Waals surface area contributed by atoms with Gasteiger partial charge in [0.25, 0.3) is 0 Å². The van der Waals surface area contributed by atoms with Crippen molar-refractivity contribution in [1.82, 2.24) is 25.0 Å². The highest BCUT2D eigenvalue weighted by Crippen LogP contribution is 2.21.